The van der Waals surface area contributed by atoms with E-state index in [1.54, 1.807) is 0 Å². The second-order valence-electron chi connectivity index (χ2n) is 8.39. The molecule has 0 fully saturated rings. The van der Waals surface area contributed by atoms with E-state index in [4.69, 9.17) is 0 Å². The summed E-state index contributed by atoms with van der Waals surface area (Å²) in [5.41, 5.74) is 2.30. The molecule has 0 unspecified atom stereocenters. The van der Waals surface area contributed by atoms with Crippen LogP contribution in [-0.4, -0.2) is 9.97 Å². The Morgan fingerprint density at radius 2 is 0.600 bits per heavy atom. The van der Waals surface area contributed by atoms with Gasteiger partial charge in [-0.25, -0.2) is 0 Å². The molecule has 40 heavy (non-hydrogen) atoms. The number of rotatable bonds is 6. The number of hydrogen-bond donors (Lipinski definition) is 0. The van der Waals surface area contributed by atoms with Gasteiger partial charge in [-0.15, -0.1) is 0 Å². The van der Waals surface area contributed by atoms with Crippen LogP contribution in [0.4, 0.5) is 0 Å². The molecule has 4 aromatic carbocycles. The summed E-state index contributed by atoms with van der Waals surface area (Å²) in [5.74, 6) is 0. The average molecular weight is 621 g/mol. The van der Waals surface area contributed by atoms with E-state index in [2.05, 4.69) is 180 Å². The maximum absolute atomic E-state index is 4.56. The number of hydrogen-bond acceptors (Lipinski definition) is 2. The van der Waals surface area contributed by atoms with Gasteiger partial charge in [0, 0.05) is 28.2 Å². The topological polar surface area (TPSA) is 25.8 Å². The van der Waals surface area contributed by atoms with Gasteiger partial charge in [0.1, 0.15) is 0 Å². The quantitative estimate of drug-likeness (QED) is 0.160. The molecule has 6 aromatic rings. The van der Waals surface area contributed by atoms with Crippen LogP contribution in [0.5, 0.6) is 0 Å². The van der Waals surface area contributed by atoms with Crippen LogP contribution in [0.25, 0.3) is 0 Å². The third-order valence-corrected chi connectivity index (χ3v) is 10.5. The molecular weight excluding hydrogens is 592 g/mol. The van der Waals surface area contributed by atoms with Crippen molar-refractivity contribution in [1.29, 1.82) is 0 Å². The molecule has 0 saturated carbocycles. The SMILES string of the molecule is [Cl][Ni].c1ccc(P(c2ccccc2)c2ccccn2)cc1.c1ccc(P(c2ccccc2)c2ccccn2)cc1. The summed E-state index contributed by atoms with van der Waals surface area (Å²) in [5, 5.41) is 5.34. The fourth-order valence-corrected chi connectivity index (χ4v) is 8.48. The van der Waals surface area contributed by atoms with Crippen molar-refractivity contribution in [2.75, 3.05) is 0 Å². The molecule has 0 N–H and O–H groups in total. The molecule has 0 atom stereocenters. The zero-order valence-corrected chi connectivity index (χ0v) is 25.2. The molecule has 0 aliphatic carbocycles. The second kappa shape index (κ2) is 16.8. The van der Waals surface area contributed by atoms with Gasteiger partial charge in [0.15, 0.2) is 0 Å². The summed E-state index contributed by atoms with van der Waals surface area (Å²) in [6, 6.07) is 54.8. The van der Waals surface area contributed by atoms with Crippen LogP contribution in [0.15, 0.2) is 170 Å². The molecule has 0 saturated heterocycles. The Morgan fingerprint density at radius 1 is 0.350 bits per heavy atom. The molecule has 0 aliphatic rings. The Kier molecular flexibility index (Phi) is 12.5. The third-order valence-electron chi connectivity index (χ3n) is 5.81. The zero-order valence-electron chi connectivity index (χ0n) is 21.6. The van der Waals surface area contributed by atoms with Crippen LogP contribution in [0.2, 0.25) is 0 Å². The van der Waals surface area contributed by atoms with E-state index < -0.39 is 15.8 Å². The van der Waals surface area contributed by atoms with Gasteiger partial charge < -0.3 is 0 Å². The van der Waals surface area contributed by atoms with E-state index in [1.165, 1.54) is 21.2 Å². The molecule has 0 spiro atoms. The summed E-state index contributed by atoms with van der Waals surface area (Å²) in [7, 11) is 3.15. The smallest absolute Gasteiger partial charge is 0.0720 e. The van der Waals surface area contributed by atoms with Crippen molar-refractivity contribution in [3.05, 3.63) is 170 Å². The summed E-state index contributed by atoms with van der Waals surface area (Å²) >= 11 is 3.35. The Bertz CT molecular complexity index is 1190. The van der Waals surface area contributed by atoms with Crippen LogP contribution in [0.1, 0.15) is 0 Å². The van der Waals surface area contributed by atoms with Gasteiger partial charge in [-0.2, -0.15) is 0 Å². The van der Waals surface area contributed by atoms with Crippen LogP contribution in [-0.2, 0) is 14.6 Å². The Balaban J connectivity index is 0.000000174. The molecule has 6 rings (SSSR count). The third kappa shape index (κ3) is 8.41. The minimum absolute atomic E-state index is 0.557. The van der Waals surface area contributed by atoms with Crippen molar-refractivity contribution in [2.24, 2.45) is 0 Å². The normalized spacial score (nSPS) is 10.2. The van der Waals surface area contributed by atoms with Gasteiger partial charge in [0.05, 0.1) is 10.9 Å². The minimum Gasteiger partial charge on any atom is -0.256 e. The monoisotopic (exact) mass is 619 g/mol. The van der Waals surface area contributed by atoms with Crippen molar-refractivity contribution in [1.82, 2.24) is 9.97 Å². The molecular formula is C34H28ClN2NiP2. The molecule has 0 amide bonds. The summed E-state index contributed by atoms with van der Waals surface area (Å²) in [6.07, 6.45) is 3.74. The first-order chi connectivity index (χ1) is 19.9. The first-order valence-electron chi connectivity index (χ1n) is 12.6. The largest absolute Gasteiger partial charge is 0.256 e. The van der Waals surface area contributed by atoms with E-state index in [0.29, 0.717) is 0 Å². The van der Waals surface area contributed by atoms with Crippen LogP contribution in [0.3, 0.4) is 0 Å². The van der Waals surface area contributed by atoms with E-state index in [0.717, 1.165) is 10.9 Å². The van der Waals surface area contributed by atoms with Crippen molar-refractivity contribution in [2.45, 2.75) is 0 Å². The van der Waals surface area contributed by atoms with Gasteiger partial charge in [0.25, 0.3) is 0 Å². The molecule has 201 valence electrons. The molecule has 2 nitrogen and oxygen atoms in total. The minimum atomic E-state index is -0.557. The summed E-state index contributed by atoms with van der Waals surface area (Å²) < 4.78 is 0. The van der Waals surface area contributed by atoms with E-state index >= 15 is 0 Å². The molecule has 0 radical (unpaired) electrons. The number of nitrogens with zero attached hydrogens (tertiary/aromatic N) is 2. The van der Waals surface area contributed by atoms with Gasteiger partial charge in [0.2, 0.25) is 0 Å². The van der Waals surface area contributed by atoms with Crippen molar-refractivity contribution < 1.29 is 14.6 Å². The summed E-state index contributed by atoms with van der Waals surface area (Å²) in [6.45, 7) is 0. The molecule has 2 heterocycles. The van der Waals surface area contributed by atoms with E-state index in [1.807, 2.05) is 24.5 Å². The van der Waals surface area contributed by atoms with Gasteiger partial charge in [-0.05, 0) is 45.5 Å². The maximum Gasteiger partial charge on any atom is 0.0720 e. The van der Waals surface area contributed by atoms with Crippen molar-refractivity contribution in [3.8, 4) is 0 Å². The van der Waals surface area contributed by atoms with Crippen LogP contribution in [0, 0.1) is 0 Å². The molecule has 0 bridgehead atoms. The Labute approximate surface area is 251 Å². The first-order valence-corrected chi connectivity index (χ1v) is 16.7. The van der Waals surface area contributed by atoms with Crippen molar-refractivity contribution in [3.63, 3.8) is 0 Å². The second-order valence-corrected chi connectivity index (χ2v) is 12.7. The van der Waals surface area contributed by atoms with Gasteiger partial charge in [-0.1, -0.05) is 133 Å². The number of halogens is 1. The number of aromatic nitrogens is 2. The Hall–Kier alpha value is -3.18. The molecule has 0 aliphatic heterocycles. The predicted octanol–water partition coefficient (Wildman–Crippen LogP) is 6.37. The fraction of sp³-hybridized carbons (Fsp3) is 0. The first kappa shape index (κ1) is 29.8. The fourth-order valence-electron chi connectivity index (χ4n) is 4.11. The summed E-state index contributed by atoms with van der Waals surface area (Å²) in [4.78, 5) is 9.12. The molecule has 2 aromatic heterocycles. The average Bonchev–Trinajstić information content (AvgIpc) is 3.06. The van der Waals surface area contributed by atoms with E-state index in [9.17, 15) is 0 Å². The van der Waals surface area contributed by atoms with Gasteiger partial charge >= 0.3 is 24.8 Å². The van der Waals surface area contributed by atoms with Crippen LogP contribution < -0.4 is 32.1 Å². The Morgan fingerprint density at radius 3 is 0.825 bits per heavy atom. The molecule has 6 heteroatoms. The maximum atomic E-state index is 4.56. The number of pyridine rings is 2. The van der Waals surface area contributed by atoms with Crippen molar-refractivity contribution >= 4 is 58.1 Å². The van der Waals surface area contributed by atoms with Crippen LogP contribution >= 0.6 is 26.0 Å². The van der Waals surface area contributed by atoms with E-state index in [-0.39, 0.29) is 0 Å². The zero-order chi connectivity index (χ0) is 27.8. The standard InChI is InChI=1S/2C17H14NP.ClH.Ni/c2*1-3-9-15(10-4-1)19(16-11-5-2-6-12-16)17-13-7-8-14-18-17;;/h2*1-14H;1H;/q;;;+1/p-1. The number of benzene rings is 4. The van der Waals surface area contributed by atoms with Gasteiger partial charge in [-0.3, -0.25) is 9.97 Å². The predicted molar refractivity (Wildman–Crippen MR) is 172 cm³/mol.